The molecule has 0 spiro atoms. The maximum Gasteiger partial charge on any atom is 0.277 e. The summed E-state index contributed by atoms with van der Waals surface area (Å²) >= 11 is 1.11. The third kappa shape index (κ3) is 2.21. The molecule has 78 valence electrons. The van der Waals surface area contributed by atoms with Gasteiger partial charge in [-0.1, -0.05) is 10.6 Å². The molecule has 6 heteroatoms. The Kier molecular flexibility index (Phi) is 2.89. The highest BCUT2D eigenvalue weighted by Crippen LogP contribution is 2.11. The highest BCUT2D eigenvalue weighted by Gasteiger charge is 2.08. The van der Waals surface area contributed by atoms with Crippen LogP contribution < -0.4 is 5.32 Å². The first-order valence-electron chi connectivity index (χ1n) is 4.38. The van der Waals surface area contributed by atoms with Crippen molar-refractivity contribution in [3.05, 3.63) is 40.9 Å². The number of anilines is 1. The molecule has 1 aromatic carbocycles. The fourth-order valence-corrected chi connectivity index (χ4v) is 1.56. The molecule has 1 amide bonds. The predicted octanol–water partition coefficient (Wildman–Crippen LogP) is 1.66. The lowest BCUT2D eigenvalue weighted by Gasteiger charge is -2.02. The molecule has 0 atom stereocenters. The molecule has 1 heterocycles. The molecule has 0 saturated heterocycles. The summed E-state index contributed by atoms with van der Waals surface area (Å²) in [7, 11) is 0. The van der Waals surface area contributed by atoms with Crippen LogP contribution in [0.1, 0.15) is 16.1 Å². The normalized spacial score (nSPS) is 9.44. The van der Waals surface area contributed by atoms with E-state index in [4.69, 9.17) is 5.26 Å². The minimum Gasteiger partial charge on any atom is -0.321 e. The molecule has 0 aliphatic heterocycles. The van der Waals surface area contributed by atoms with Gasteiger partial charge < -0.3 is 5.32 Å². The molecule has 2 rings (SSSR count). The molecule has 5 nitrogen and oxygen atoms in total. The smallest absolute Gasteiger partial charge is 0.277 e. The number of nitrogens with zero attached hydrogens (tertiary/aromatic N) is 3. The second-order valence-electron chi connectivity index (χ2n) is 2.94. The summed E-state index contributed by atoms with van der Waals surface area (Å²) in [5.41, 5.74) is 1.33. The zero-order valence-electron chi connectivity index (χ0n) is 8.04. The fourth-order valence-electron chi connectivity index (χ4n) is 1.13. The van der Waals surface area contributed by atoms with Gasteiger partial charge in [0.05, 0.1) is 11.6 Å². The molecular formula is C10H6N4OS. The molecule has 0 bridgehead atoms. The van der Waals surface area contributed by atoms with Crippen LogP contribution in [-0.2, 0) is 0 Å². The Balaban J connectivity index is 2.16. The first-order valence-corrected chi connectivity index (χ1v) is 5.22. The Morgan fingerprint density at radius 1 is 1.50 bits per heavy atom. The van der Waals surface area contributed by atoms with Crippen molar-refractivity contribution in [1.82, 2.24) is 9.59 Å². The van der Waals surface area contributed by atoms with Gasteiger partial charge in [0.1, 0.15) is 0 Å². The van der Waals surface area contributed by atoms with Crippen molar-refractivity contribution in [2.45, 2.75) is 0 Å². The summed E-state index contributed by atoms with van der Waals surface area (Å²) in [4.78, 5) is 11.6. The number of aromatic nitrogens is 2. The number of nitrogens with one attached hydrogen (secondary N) is 1. The van der Waals surface area contributed by atoms with E-state index in [1.807, 2.05) is 6.07 Å². The van der Waals surface area contributed by atoms with E-state index in [1.54, 1.807) is 29.6 Å². The third-order valence-corrected chi connectivity index (χ3v) is 2.35. The molecule has 1 aromatic heterocycles. The van der Waals surface area contributed by atoms with Crippen molar-refractivity contribution >= 4 is 23.1 Å². The van der Waals surface area contributed by atoms with Crippen molar-refractivity contribution in [3.8, 4) is 6.07 Å². The van der Waals surface area contributed by atoms with Crippen LogP contribution in [-0.4, -0.2) is 15.5 Å². The van der Waals surface area contributed by atoms with Gasteiger partial charge >= 0.3 is 0 Å². The fraction of sp³-hybridized carbons (Fsp3) is 0. The zero-order chi connectivity index (χ0) is 11.4. The van der Waals surface area contributed by atoms with Gasteiger partial charge in [-0.15, -0.1) is 5.10 Å². The molecule has 0 saturated carbocycles. The number of benzene rings is 1. The quantitative estimate of drug-likeness (QED) is 0.850. The van der Waals surface area contributed by atoms with E-state index in [9.17, 15) is 4.79 Å². The zero-order valence-corrected chi connectivity index (χ0v) is 8.86. The lowest BCUT2D eigenvalue weighted by Crippen LogP contribution is -2.12. The number of carbonyl (C=O) groups excluding carboxylic acids is 1. The Labute approximate surface area is 95.5 Å². The van der Waals surface area contributed by atoms with Gasteiger partial charge in [-0.05, 0) is 29.7 Å². The van der Waals surface area contributed by atoms with Crippen LogP contribution in [0.15, 0.2) is 29.6 Å². The minimum absolute atomic E-state index is 0.271. The Morgan fingerprint density at radius 3 is 3.06 bits per heavy atom. The highest BCUT2D eigenvalue weighted by atomic mass is 32.1. The number of hydrogen-bond donors (Lipinski definition) is 1. The molecule has 2 aromatic rings. The van der Waals surface area contributed by atoms with E-state index in [2.05, 4.69) is 14.9 Å². The lowest BCUT2D eigenvalue weighted by molar-refractivity contribution is 0.102. The summed E-state index contributed by atoms with van der Waals surface area (Å²) in [5, 5.41) is 16.5. The first kappa shape index (κ1) is 10.3. The number of amides is 1. The first-order chi connectivity index (χ1) is 7.79. The number of hydrogen-bond acceptors (Lipinski definition) is 5. The van der Waals surface area contributed by atoms with Crippen molar-refractivity contribution < 1.29 is 4.79 Å². The second-order valence-corrected chi connectivity index (χ2v) is 3.55. The molecule has 0 fully saturated rings. The third-order valence-electron chi connectivity index (χ3n) is 1.84. The van der Waals surface area contributed by atoms with Crippen molar-refractivity contribution in [1.29, 1.82) is 5.26 Å². The van der Waals surface area contributed by atoms with Crippen LogP contribution in [0.2, 0.25) is 0 Å². The lowest BCUT2D eigenvalue weighted by atomic mass is 10.2. The van der Waals surface area contributed by atoms with E-state index in [1.165, 1.54) is 0 Å². The number of nitriles is 1. The van der Waals surface area contributed by atoms with Gasteiger partial charge in [-0.25, -0.2) is 0 Å². The van der Waals surface area contributed by atoms with Crippen molar-refractivity contribution in [2.24, 2.45) is 0 Å². The van der Waals surface area contributed by atoms with Crippen LogP contribution in [0.4, 0.5) is 5.69 Å². The Morgan fingerprint density at radius 2 is 2.38 bits per heavy atom. The average molecular weight is 230 g/mol. The molecule has 0 aliphatic rings. The van der Waals surface area contributed by atoms with E-state index in [-0.39, 0.29) is 11.6 Å². The monoisotopic (exact) mass is 230 g/mol. The summed E-state index contributed by atoms with van der Waals surface area (Å²) in [6, 6.07) is 8.67. The highest BCUT2D eigenvalue weighted by molar-refractivity contribution is 7.03. The standard InChI is InChI=1S/C10H6N4OS/c11-5-7-2-1-3-8(4-7)12-10(15)9-6-16-14-13-9/h1-4,6H,(H,12,15). The molecule has 1 N–H and O–H groups in total. The summed E-state index contributed by atoms with van der Waals surface area (Å²) in [5.74, 6) is -0.330. The summed E-state index contributed by atoms with van der Waals surface area (Å²) in [6.07, 6.45) is 0. The van der Waals surface area contributed by atoms with E-state index >= 15 is 0 Å². The van der Waals surface area contributed by atoms with Gasteiger partial charge in [-0.3, -0.25) is 4.79 Å². The number of rotatable bonds is 2. The van der Waals surface area contributed by atoms with E-state index in [0.29, 0.717) is 11.3 Å². The van der Waals surface area contributed by atoms with Gasteiger partial charge in [-0.2, -0.15) is 5.26 Å². The second kappa shape index (κ2) is 4.51. The van der Waals surface area contributed by atoms with Crippen molar-refractivity contribution in [2.75, 3.05) is 5.32 Å². The molecular weight excluding hydrogens is 224 g/mol. The van der Waals surface area contributed by atoms with Gasteiger partial charge in [0.2, 0.25) is 0 Å². The minimum atomic E-state index is -0.330. The molecule has 16 heavy (non-hydrogen) atoms. The van der Waals surface area contributed by atoms with Crippen LogP contribution in [0.25, 0.3) is 0 Å². The number of carbonyl (C=O) groups is 1. The predicted molar refractivity (Wildman–Crippen MR) is 59.0 cm³/mol. The maximum absolute atomic E-state index is 11.6. The summed E-state index contributed by atoms with van der Waals surface area (Å²) < 4.78 is 3.60. The van der Waals surface area contributed by atoms with E-state index in [0.717, 1.165) is 11.5 Å². The average Bonchev–Trinajstić information content (AvgIpc) is 2.83. The Bertz CT molecular complexity index is 544. The van der Waals surface area contributed by atoms with Crippen LogP contribution in [0.5, 0.6) is 0 Å². The topological polar surface area (TPSA) is 78.7 Å². The Hall–Kier alpha value is -2.26. The molecule has 0 unspecified atom stereocenters. The van der Waals surface area contributed by atoms with Crippen LogP contribution in [0.3, 0.4) is 0 Å². The van der Waals surface area contributed by atoms with Crippen molar-refractivity contribution in [3.63, 3.8) is 0 Å². The van der Waals surface area contributed by atoms with E-state index < -0.39 is 0 Å². The maximum atomic E-state index is 11.6. The summed E-state index contributed by atoms with van der Waals surface area (Å²) in [6.45, 7) is 0. The molecule has 0 radical (unpaired) electrons. The largest absolute Gasteiger partial charge is 0.321 e. The van der Waals surface area contributed by atoms with Gasteiger partial charge in [0.15, 0.2) is 5.69 Å². The van der Waals surface area contributed by atoms with Crippen LogP contribution >= 0.6 is 11.5 Å². The van der Waals surface area contributed by atoms with Crippen LogP contribution in [0, 0.1) is 11.3 Å². The van der Waals surface area contributed by atoms with Gasteiger partial charge in [0, 0.05) is 11.1 Å². The van der Waals surface area contributed by atoms with Gasteiger partial charge in [0.25, 0.3) is 5.91 Å². The molecule has 0 aliphatic carbocycles. The SMILES string of the molecule is N#Cc1cccc(NC(=O)c2csnn2)c1.